The highest BCUT2D eigenvalue weighted by Crippen LogP contribution is 2.13. The number of carbonyl (C=O) groups excluding carboxylic acids is 1. The number of esters is 1. The number of hydrogen-bond donors (Lipinski definition) is 0. The zero-order chi connectivity index (χ0) is 13.9. The van der Waals surface area contributed by atoms with Gasteiger partial charge < -0.3 is 9.64 Å². The van der Waals surface area contributed by atoms with Crippen molar-refractivity contribution >= 4 is 11.7 Å². The minimum Gasteiger partial charge on any atom is -0.466 e. The molecule has 0 aliphatic heterocycles. The van der Waals surface area contributed by atoms with E-state index >= 15 is 0 Å². The molecule has 0 saturated heterocycles. The monoisotopic (exact) mass is 263 g/mol. The second kappa shape index (κ2) is 9.42. The molecule has 0 aromatic heterocycles. The summed E-state index contributed by atoms with van der Waals surface area (Å²) in [6.45, 7) is 6.65. The first-order chi connectivity index (χ1) is 9.27. The Morgan fingerprint density at radius 1 is 1.11 bits per heavy atom. The van der Waals surface area contributed by atoms with Gasteiger partial charge in [-0.15, -0.1) is 0 Å². The Bertz CT molecular complexity index is 351. The highest BCUT2D eigenvalue weighted by Gasteiger charge is 2.05. The third kappa shape index (κ3) is 6.27. The molecule has 1 rings (SSSR count). The standard InChI is InChI=1S/C16H25NO2/c1-3-9-16(18)19-14-8-13-17(12-4-2)15-10-6-5-7-11-15/h5-7,10-11H,3-4,8-9,12-14H2,1-2H3. The van der Waals surface area contributed by atoms with Crippen molar-refractivity contribution in [3.63, 3.8) is 0 Å². The molecule has 0 spiro atoms. The molecular weight excluding hydrogens is 238 g/mol. The molecule has 0 bridgehead atoms. The second-order valence-electron chi connectivity index (χ2n) is 4.65. The number of benzene rings is 1. The Kier molecular flexibility index (Phi) is 7.71. The average molecular weight is 263 g/mol. The summed E-state index contributed by atoms with van der Waals surface area (Å²) < 4.78 is 5.18. The molecule has 3 nitrogen and oxygen atoms in total. The van der Waals surface area contributed by atoms with Crippen molar-refractivity contribution in [3.8, 4) is 0 Å². The first-order valence-corrected chi connectivity index (χ1v) is 7.23. The van der Waals surface area contributed by atoms with Crippen molar-refractivity contribution < 1.29 is 9.53 Å². The normalized spacial score (nSPS) is 10.2. The highest BCUT2D eigenvalue weighted by atomic mass is 16.5. The Balaban J connectivity index is 2.33. The largest absolute Gasteiger partial charge is 0.466 e. The molecular formula is C16H25NO2. The van der Waals surface area contributed by atoms with Crippen LogP contribution in [-0.4, -0.2) is 25.7 Å². The molecule has 0 heterocycles. The Hall–Kier alpha value is -1.51. The molecule has 0 aliphatic rings. The van der Waals surface area contributed by atoms with Crippen molar-refractivity contribution in [2.45, 2.75) is 39.5 Å². The summed E-state index contributed by atoms with van der Waals surface area (Å²) in [7, 11) is 0. The van der Waals surface area contributed by atoms with Crippen molar-refractivity contribution in [1.82, 2.24) is 0 Å². The molecule has 0 fully saturated rings. The van der Waals surface area contributed by atoms with E-state index in [2.05, 4.69) is 36.1 Å². The van der Waals surface area contributed by atoms with Gasteiger partial charge in [0, 0.05) is 25.2 Å². The summed E-state index contributed by atoms with van der Waals surface area (Å²) in [5, 5.41) is 0. The zero-order valence-electron chi connectivity index (χ0n) is 12.1. The van der Waals surface area contributed by atoms with Gasteiger partial charge in [0.15, 0.2) is 0 Å². The van der Waals surface area contributed by atoms with Crippen LogP contribution in [0, 0.1) is 0 Å². The molecule has 1 aromatic rings. The van der Waals surface area contributed by atoms with Gasteiger partial charge in [-0.3, -0.25) is 4.79 Å². The number of ether oxygens (including phenoxy) is 1. The molecule has 0 unspecified atom stereocenters. The Morgan fingerprint density at radius 3 is 2.47 bits per heavy atom. The minimum absolute atomic E-state index is 0.0794. The smallest absolute Gasteiger partial charge is 0.305 e. The van der Waals surface area contributed by atoms with Gasteiger partial charge in [-0.1, -0.05) is 32.0 Å². The van der Waals surface area contributed by atoms with Crippen LogP contribution in [0.3, 0.4) is 0 Å². The number of para-hydroxylation sites is 1. The number of anilines is 1. The fraction of sp³-hybridized carbons (Fsp3) is 0.562. The van der Waals surface area contributed by atoms with E-state index < -0.39 is 0 Å². The van der Waals surface area contributed by atoms with E-state index in [9.17, 15) is 4.79 Å². The van der Waals surface area contributed by atoms with E-state index in [0.29, 0.717) is 13.0 Å². The van der Waals surface area contributed by atoms with E-state index in [1.54, 1.807) is 0 Å². The van der Waals surface area contributed by atoms with Gasteiger partial charge in [0.05, 0.1) is 6.61 Å². The topological polar surface area (TPSA) is 29.5 Å². The van der Waals surface area contributed by atoms with E-state index in [1.165, 1.54) is 5.69 Å². The van der Waals surface area contributed by atoms with Gasteiger partial charge in [-0.2, -0.15) is 0 Å². The first-order valence-electron chi connectivity index (χ1n) is 7.23. The molecule has 3 heteroatoms. The van der Waals surface area contributed by atoms with Crippen LogP contribution in [0.5, 0.6) is 0 Å². The number of hydrogen-bond acceptors (Lipinski definition) is 3. The SMILES string of the molecule is CCCC(=O)OCCCN(CCC)c1ccccc1. The summed E-state index contributed by atoms with van der Waals surface area (Å²) in [6, 6.07) is 10.4. The molecule has 0 saturated carbocycles. The minimum atomic E-state index is -0.0794. The quantitative estimate of drug-likeness (QED) is 0.503. The summed E-state index contributed by atoms with van der Waals surface area (Å²) in [6.07, 6.45) is 3.37. The fourth-order valence-electron chi connectivity index (χ4n) is 2.00. The second-order valence-corrected chi connectivity index (χ2v) is 4.65. The summed E-state index contributed by atoms with van der Waals surface area (Å²) in [5.74, 6) is -0.0794. The average Bonchev–Trinajstić information content (AvgIpc) is 2.43. The van der Waals surface area contributed by atoms with Crippen LogP contribution in [0.25, 0.3) is 0 Å². The van der Waals surface area contributed by atoms with Crippen LogP contribution in [0.4, 0.5) is 5.69 Å². The van der Waals surface area contributed by atoms with Crippen molar-refractivity contribution in [1.29, 1.82) is 0 Å². The van der Waals surface area contributed by atoms with Gasteiger partial charge in [0.1, 0.15) is 0 Å². The van der Waals surface area contributed by atoms with E-state index in [1.807, 2.05) is 13.0 Å². The molecule has 1 aromatic carbocycles. The van der Waals surface area contributed by atoms with E-state index in [-0.39, 0.29) is 5.97 Å². The number of nitrogens with zero attached hydrogens (tertiary/aromatic N) is 1. The van der Waals surface area contributed by atoms with Crippen molar-refractivity contribution in [2.24, 2.45) is 0 Å². The van der Waals surface area contributed by atoms with E-state index in [4.69, 9.17) is 4.74 Å². The van der Waals surface area contributed by atoms with Gasteiger partial charge in [0.25, 0.3) is 0 Å². The van der Waals surface area contributed by atoms with E-state index in [0.717, 1.165) is 32.4 Å². The Morgan fingerprint density at radius 2 is 1.84 bits per heavy atom. The predicted octanol–water partition coefficient (Wildman–Crippen LogP) is 3.64. The first kappa shape index (κ1) is 15.5. The molecule has 19 heavy (non-hydrogen) atoms. The lowest BCUT2D eigenvalue weighted by atomic mass is 10.2. The van der Waals surface area contributed by atoms with Crippen LogP contribution in [0.2, 0.25) is 0 Å². The van der Waals surface area contributed by atoms with Crippen LogP contribution in [0.1, 0.15) is 39.5 Å². The molecule has 0 radical (unpaired) electrons. The fourth-order valence-corrected chi connectivity index (χ4v) is 2.00. The third-order valence-corrected chi connectivity index (χ3v) is 2.90. The highest BCUT2D eigenvalue weighted by molar-refractivity contribution is 5.69. The zero-order valence-corrected chi connectivity index (χ0v) is 12.1. The molecule has 0 N–H and O–H groups in total. The molecule has 0 amide bonds. The van der Waals surface area contributed by atoms with Crippen LogP contribution >= 0.6 is 0 Å². The molecule has 106 valence electrons. The van der Waals surface area contributed by atoms with Crippen LogP contribution in [0.15, 0.2) is 30.3 Å². The predicted molar refractivity (Wildman–Crippen MR) is 79.4 cm³/mol. The Labute approximate surface area is 116 Å². The summed E-state index contributed by atoms with van der Waals surface area (Å²) >= 11 is 0. The maximum Gasteiger partial charge on any atom is 0.305 e. The molecule has 0 atom stereocenters. The lowest BCUT2D eigenvalue weighted by Crippen LogP contribution is -2.26. The number of rotatable bonds is 9. The summed E-state index contributed by atoms with van der Waals surface area (Å²) in [5.41, 5.74) is 1.24. The van der Waals surface area contributed by atoms with Gasteiger partial charge >= 0.3 is 5.97 Å². The summed E-state index contributed by atoms with van der Waals surface area (Å²) in [4.78, 5) is 13.6. The van der Waals surface area contributed by atoms with Gasteiger partial charge in [-0.25, -0.2) is 0 Å². The maximum atomic E-state index is 11.2. The maximum absolute atomic E-state index is 11.2. The van der Waals surface area contributed by atoms with Crippen molar-refractivity contribution in [2.75, 3.05) is 24.6 Å². The third-order valence-electron chi connectivity index (χ3n) is 2.90. The van der Waals surface area contributed by atoms with Crippen LogP contribution < -0.4 is 4.90 Å². The van der Waals surface area contributed by atoms with Crippen molar-refractivity contribution in [3.05, 3.63) is 30.3 Å². The lowest BCUT2D eigenvalue weighted by molar-refractivity contribution is -0.143. The van der Waals surface area contributed by atoms with Crippen LogP contribution in [-0.2, 0) is 9.53 Å². The molecule has 0 aliphatic carbocycles. The van der Waals surface area contributed by atoms with Gasteiger partial charge in [0.2, 0.25) is 0 Å². The number of carbonyl (C=O) groups is 1. The van der Waals surface area contributed by atoms with Gasteiger partial charge in [-0.05, 0) is 31.4 Å². The lowest BCUT2D eigenvalue weighted by Gasteiger charge is -2.24.